The van der Waals surface area contributed by atoms with E-state index < -0.39 is 17.7 Å². The van der Waals surface area contributed by atoms with Gasteiger partial charge in [-0.3, -0.25) is 4.79 Å². The highest BCUT2D eigenvalue weighted by Gasteiger charge is 2.31. The predicted octanol–water partition coefficient (Wildman–Crippen LogP) is 3.12. The Balaban J connectivity index is 3.25. The molecule has 0 aliphatic rings. The summed E-state index contributed by atoms with van der Waals surface area (Å²) >= 11 is 0. The van der Waals surface area contributed by atoms with Crippen LogP contribution in [0.3, 0.4) is 0 Å². The van der Waals surface area contributed by atoms with E-state index >= 15 is 0 Å². The van der Waals surface area contributed by atoms with E-state index in [0.717, 1.165) is 18.2 Å². The maximum atomic E-state index is 12.6. The first-order valence-electron chi connectivity index (χ1n) is 6.23. The lowest BCUT2D eigenvalue weighted by molar-refractivity contribution is -0.138. The van der Waals surface area contributed by atoms with Gasteiger partial charge in [0.25, 0.3) is 0 Å². The summed E-state index contributed by atoms with van der Waals surface area (Å²) < 4.78 is 37.9. The molecule has 4 nitrogen and oxygen atoms in total. The number of hydrogen-bond acceptors (Lipinski definition) is 3. The summed E-state index contributed by atoms with van der Waals surface area (Å²) in [4.78, 5) is 12.3. The summed E-state index contributed by atoms with van der Waals surface area (Å²) in [6.45, 7) is 3.65. The maximum Gasteiger partial charge on any atom is 0.416 e. The van der Waals surface area contributed by atoms with Gasteiger partial charge >= 0.3 is 12.1 Å². The van der Waals surface area contributed by atoms with Crippen LogP contribution in [0.2, 0.25) is 0 Å². The van der Waals surface area contributed by atoms with Crippen molar-refractivity contribution in [2.45, 2.75) is 20.0 Å². The van der Waals surface area contributed by atoms with Crippen molar-refractivity contribution in [3.63, 3.8) is 0 Å². The first-order chi connectivity index (χ1) is 9.65. The van der Waals surface area contributed by atoms with Crippen LogP contribution in [-0.2, 0) is 11.0 Å². The molecule has 0 heterocycles. The highest BCUT2D eigenvalue weighted by molar-refractivity contribution is 5.75. The van der Waals surface area contributed by atoms with E-state index in [-0.39, 0.29) is 23.7 Å². The van der Waals surface area contributed by atoms with E-state index in [1.807, 2.05) is 13.8 Å². The van der Waals surface area contributed by atoms with E-state index in [2.05, 4.69) is 0 Å². The molecule has 0 radical (unpaired) electrons. The molecular weight excluding hydrogens is 285 g/mol. The fraction of sp³-hybridized carbons (Fsp3) is 0.429. The molecule has 0 saturated heterocycles. The lowest BCUT2D eigenvalue weighted by Crippen LogP contribution is -2.33. The summed E-state index contributed by atoms with van der Waals surface area (Å²) in [5, 5.41) is 17.9. The minimum Gasteiger partial charge on any atom is -0.480 e. The van der Waals surface area contributed by atoms with E-state index in [9.17, 15) is 18.0 Å². The van der Waals surface area contributed by atoms with Gasteiger partial charge in [-0.15, -0.1) is 0 Å². The summed E-state index contributed by atoms with van der Waals surface area (Å²) in [5.41, 5.74) is -0.920. The van der Waals surface area contributed by atoms with Crippen LogP contribution in [0.15, 0.2) is 18.2 Å². The standard InChI is InChI=1S/C14H15F3N2O2/c1-9(2)7-19(8-13(20)21)12-4-3-11(14(15,16)17)5-10(12)6-18/h3-5,9H,7-8H2,1-2H3,(H,20,21). The molecule has 0 spiro atoms. The fourth-order valence-corrected chi connectivity index (χ4v) is 1.93. The van der Waals surface area contributed by atoms with Gasteiger partial charge < -0.3 is 10.0 Å². The molecule has 1 aromatic carbocycles. The SMILES string of the molecule is CC(C)CN(CC(=O)O)c1ccc(C(F)(F)F)cc1C#N. The molecule has 1 N–H and O–H groups in total. The van der Waals surface area contributed by atoms with Crippen molar-refractivity contribution >= 4 is 11.7 Å². The van der Waals surface area contributed by atoms with E-state index in [1.165, 1.54) is 4.90 Å². The highest BCUT2D eigenvalue weighted by Crippen LogP contribution is 2.32. The summed E-state index contributed by atoms with van der Waals surface area (Å²) in [6.07, 6.45) is -4.54. The number of carbonyl (C=O) groups is 1. The third-order valence-corrected chi connectivity index (χ3v) is 2.70. The summed E-state index contributed by atoms with van der Waals surface area (Å²) in [6, 6.07) is 4.44. The van der Waals surface area contributed by atoms with Crippen LogP contribution in [0.1, 0.15) is 25.0 Å². The lowest BCUT2D eigenvalue weighted by atomic mass is 10.1. The third kappa shape index (κ3) is 4.67. The molecule has 0 unspecified atom stereocenters. The Morgan fingerprint density at radius 2 is 2.05 bits per heavy atom. The van der Waals surface area contributed by atoms with E-state index in [0.29, 0.717) is 6.54 Å². The van der Waals surface area contributed by atoms with Crippen LogP contribution in [0.5, 0.6) is 0 Å². The largest absolute Gasteiger partial charge is 0.480 e. The second-order valence-corrected chi connectivity index (χ2v) is 5.01. The first kappa shape index (κ1) is 16.8. The number of nitriles is 1. The van der Waals surface area contributed by atoms with Crippen LogP contribution >= 0.6 is 0 Å². The minimum absolute atomic E-state index is 0.0955. The van der Waals surface area contributed by atoms with Crippen LogP contribution in [0.4, 0.5) is 18.9 Å². The van der Waals surface area contributed by atoms with Gasteiger partial charge in [0.15, 0.2) is 0 Å². The molecule has 0 bridgehead atoms. The van der Waals surface area contributed by atoms with Crippen LogP contribution in [-0.4, -0.2) is 24.2 Å². The molecular formula is C14H15F3N2O2. The second kappa shape index (κ2) is 6.48. The van der Waals surface area contributed by atoms with Gasteiger partial charge in [-0.2, -0.15) is 18.4 Å². The zero-order chi connectivity index (χ0) is 16.2. The number of alkyl halides is 3. The number of aliphatic carboxylic acids is 1. The average Bonchev–Trinajstić information content (AvgIpc) is 2.35. The summed E-state index contributed by atoms with van der Waals surface area (Å²) in [5.74, 6) is -1.02. The predicted molar refractivity (Wildman–Crippen MR) is 70.8 cm³/mol. The number of nitrogens with zero attached hydrogens (tertiary/aromatic N) is 2. The normalized spacial score (nSPS) is 11.3. The Hall–Kier alpha value is -2.23. The van der Waals surface area contributed by atoms with Crippen molar-refractivity contribution in [1.29, 1.82) is 5.26 Å². The van der Waals surface area contributed by atoms with Crippen molar-refractivity contribution in [3.05, 3.63) is 29.3 Å². The minimum atomic E-state index is -4.54. The molecule has 0 aliphatic carbocycles. The van der Waals surface area contributed by atoms with Gasteiger partial charge in [-0.1, -0.05) is 13.8 Å². The number of carboxylic acids is 1. The second-order valence-electron chi connectivity index (χ2n) is 5.01. The zero-order valence-electron chi connectivity index (χ0n) is 11.6. The van der Waals surface area contributed by atoms with E-state index in [4.69, 9.17) is 10.4 Å². The number of benzene rings is 1. The molecule has 0 fully saturated rings. The number of hydrogen-bond donors (Lipinski definition) is 1. The fourth-order valence-electron chi connectivity index (χ4n) is 1.93. The van der Waals surface area contributed by atoms with Gasteiger partial charge in [-0.05, 0) is 24.1 Å². The number of carboxylic acid groups (broad SMARTS) is 1. The van der Waals surface area contributed by atoms with Crippen LogP contribution < -0.4 is 4.90 Å². The lowest BCUT2D eigenvalue weighted by Gasteiger charge is -2.26. The Morgan fingerprint density at radius 1 is 1.43 bits per heavy atom. The molecule has 114 valence electrons. The Kier molecular flexibility index (Phi) is 5.19. The smallest absolute Gasteiger partial charge is 0.416 e. The highest BCUT2D eigenvalue weighted by atomic mass is 19.4. The van der Waals surface area contributed by atoms with Crippen molar-refractivity contribution in [2.75, 3.05) is 18.0 Å². The molecule has 0 aromatic heterocycles. The Bertz CT molecular complexity index is 562. The molecule has 0 amide bonds. The van der Waals surface area contributed by atoms with Crippen molar-refractivity contribution in [2.24, 2.45) is 5.92 Å². The average molecular weight is 300 g/mol. The van der Waals surface area contributed by atoms with Gasteiger partial charge in [-0.25, -0.2) is 0 Å². The molecule has 0 atom stereocenters. The van der Waals surface area contributed by atoms with Gasteiger partial charge in [0, 0.05) is 6.54 Å². The molecule has 0 aliphatic heterocycles. The summed E-state index contributed by atoms with van der Waals surface area (Å²) in [7, 11) is 0. The van der Waals surface area contributed by atoms with Crippen molar-refractivity contribution in [1.82, 2.24) is 0 Å². The third-order valence-electron chi connectivity index (χ3n) is 2.70. The Morgan fingerprint density at radius 3 is 2.48 bits per heavy atom. The van der Waals surface area contributed by atoms with Gasteiger partial charge in [0.05, 0.1) is 16.8 Å². The molecule has 0 saturated carbocycles. The molecule has 21 heavy (non-hydrogen) atoms. The molecule has 1 rings (SSSR count). The number of anilines is 1. The number of rotatable bonds is 5. The molecule has 1 aromatic rings. The van der Waals surface area contributed by atoms with Crippen molar-refractivity contribution in [3.8, 4) is 6.07 Å². The topological polar surface area (TPSA) is 64.3 Å². The quantitative estimate of drug-likeness (QED) is 0.907. The number of halogens is 3. The Labute approximate surface area is 120 Å². The van der Waals surface area contributed by atoms with Crippen LogP contribution in [0, 0.1) is 17.2 Å². The van der Waals surface area contributed by atoms with Crippen molar-refractivity contribution < 1.29 is 23.1 Å². The maximum absolute atomic E-state index is 12.6. The van der Waals surface area contributed by atoms with Gasteiger partial charge in [0.2, 0.25) is 0 Å². The zero-order valence-corrected chi connectivity index (χ0v) is 11.6. The monoisotopic (exact) mass is 300 g/mol. The molecule has 7 heteroatoms. The first-order valence-corrected chi connectivity index (χ1v) is 6.23. The van der Waals surface area contributed by atoms with Gasteiger partial charge in [0.1, 0.15) is 12.6 Å². The van der Waals surface area contributed by atoms with Crippen LogP contribution in [0.25, 0.3) is 0 Å². The van der Waals surface area contributed by atoms with E-state index in [1.54, 1.807) is 6.07 Å².